The molecule has 1 aromatic heterocycles. The Morgan fingerprint density at radius 2 is 2.43 bits per heavy atom. The van der Waals surface area contributed by atoms with Crippen LogP contribution in [-0.4, -0.2) is 24.1 Å². The minimum atomic E-state index is -0.297. The van der Waals surface area contributed by atoms with Crippen LogP contribution < -0.4 is 5.32 Å². The van der Waals surface area contributed by atoms with Gasteiger partial charge in [-0.25, -0.2) is 9.78 Å². The summed E-state index contributed by atoms with van der Waals surface area (Å²) in [4.78, 5) is 15.9. The van der Waals surface area contributed by atoms with Crippen molar-refractivity contribution in [2.75, 3.05) is 18.5 Å². The molecule has 0 aromatic carbocycles. The maximum Gasteiger partial charge on any atom is 0.350 e. The van der Waals surface area contributed by atoms with Crippen LogP contribution >= 0.6 is 11.3 Å². The van der Waals surface area contributed by atoms with E-state index in [1.807, 2.05) is 0 Å². The Bertz CT molecular complexity index is 299. The van der Waals surface area contributed by atoms with Gasteiger partial charge in [0, 0.05) is 6.54 Å². The van der Waals surface area contributed by atoms with Crippen LogP contribution in [0.25, 0.3) is 0 Å². The molecule has 1 N–H and O–H groups in total. The number of aromatic nitrogens is 1. The molecule has 0 amide bonds. The number of carbonyl (C=O) groups excluding carboxylic acids is 1. The van der Waals surface area contributed by atoms with Crippen LogP contribution in [0.4, 0.5) is 5.13 Å². The highest BCUT2D eigenvalue weighted by Crippen LogP contribution is 2.18. The molecular formula is C9H14N2O2S. The Morgan fingerprint density at radius 1 is 1.64 bits per heavy atom. The fourth-order valence-electron chi connectivity index (χ4n) is 0.884. The van der Waals surface area contributed by atoms with Crippen LogP contribution in [0.2, 0.25) is 0 Å². The number of hydrogen-bond donors (Lipinski definition) is 1. The number of anilines is 1. The molecule has 4 nitrogen and oxygen atoms in total. The monoisotopic (exact) mass is 214 g/mol. The molecular weight excluding hydrogens is 200 g/mol. The number of hydrogen-bond acceptors (Lipinski definition) is 5. The Morgan fingerprint density at radius 3 is 3.07 bits per heavy atom. The van der Waals surface area contributed by atoms with Crippen molar-refractivity contribution in [1.29, 1.82) is 0 Å². The zero-order chi connectivity index (χ0) is 10.4. The summed E-state index contributed by atoms with van der Waals surface area (Å²) in [5, 5.41) is 3.88. The van der Waals surface area contributed by atoms with Crippen molar-refractivity contribution in [2.45, 2.75) is 20.3 Å². The van der Waals surface area contributed by atoms with Crippen LogP contribution in [0.3, 0.4) is 0 Å². The van der Waals surface area contributed by atoms with E-state index in [-0.39, 0.29) is 5.97 Å². The number of thiazole rings is 1. The van der Waals surface area contributed by atoms with Gasteiger partial charge in [0.05, 0.1) is 12.8 Å². The lowest BCUT2D eigenvalue weighted by atomic mass is 10.5. The van der Waals surface area contributed by atoms with Crippen LogP contribution in [0.5, 0.6) is 0 Å². The number of nitrogens with zero attached hydrogens (tertiary/aromatic N) is 1. The molecule has 0 saturated carbocycles. The van der Waals surface area contributed by atoms with Crippen molar-refractivity contribution >= 4 is 22.4 Å². The highest BCUT2D eigenvalue weighted by atomic mass is 32.1. The first-order valence-electron chi connectivity index (χ1n) is 4.64. The van der Waals surface area contributed by atoms with E-state index in [9.17, 15) is 4.79 Å². The molecule has 1 heterocycles. The third-order valence-electron chi connectivity index (χ3n) is 1.51. The van der Waals surface area contributed by atoms with Gasteiger partial charge in [-0.1, -0.05) is 18.3 Å². The molecule has 0 aliphatic heterocycles. The van der Waals surface area contributed by atoms with Crippen LogP contribution in [0, 0.1) is 0 Å². The summed E-state index contributed by atoms with van der Waals surface area (Å²) in [5.41, 5.74) is 0. The van der Waals surface area contributed by atoms with E-state index in [0.717, 1.165) is 18.1 Å². The smallest absolute Gasteiger partial charge is 0.350 e. The van der Waals surface area contributed by atoms with Crippen LogP contribution in [0.15, 0.2) is 6.20 Å². The molecule has 0 saturated heterocycles. The van der Waals surface area contributed by atoms with Crippen molar-refractivity contribution in [3.63, 3.8) is 0 Å². The van der Waals surface area contributed by atoms with Crippen molar-refractivity contribution in [3.8, 4) is 0 Å². The second-order valence-corrected chi connectivity index (χ2v) is 3.71. The third-order valence-corrected chi connectivity index (χ3v) is 2.44. The maximum atomic E-state index is 11.3. The van der Waals surface area contributed by atoms with Gasteiger partial charge in [0.2, 0.25) is 0 Å². The number of rotatable bonds is 5. The average Bonchev–Trinajstić information content (AvgIpc) is 2.63. The van der Waals surface area contributed by atoms with Gasteiger partial charge in [0.25, 0.3) is 0 Å². The summed E-state index contributed by atoms with van der Waals surface area (Å²) in [7, 11) is 0. The topological polar surface area (TPSA) is 51.2 Å². The molecule has 0 spiro atoms. The van der Waals surface area contributed by atoms with Crippen LogP contribution in [-0.2, 0) is 4.74 Å². The molecule has 78 valence electrons. The van der Waals surface area contributed by atoms with E-state index < -0.39 is 0 Å². The first kappa shape index (κ1) is 11.0. The molecule has 0 bridgehead atoms. The van der Waals surface area contributed by atoms with E-state index in [2.05, 4.69) is 17.2 Å². The van der Waals surface area contributed by atoms with Gasteiger partial charge < -0.3 is 10.1 Å². The van der Waals surface area contributed by atoms with Gasteiger partial charge in [-0.15, -0.1) is 0 Å². The summed E-state index contributed by atoms with van der Waals surface area (Å²) >= 11 is 1.32. The number of nitrogens with one attached hydrogen (secondary N) is 1. The quantitative estimate of drug-likeness (QED) is 0.763. The molecule has 0 radical (unpaired) electrons. The van der Waals surface area contributed by atoms with Crippen molar-refractivity contribution in [1.82, 2.24) is 4.98 Å². The first-order chi connectivity index (χ1) is 6.77. The number of carbonyl (C=O) groups is 1. The zero-order valence-electron chi connectivity index (χ0n) is 8.37. The summed E-state index contributed by atoms with van der Waals surface area (Å²) in [6.07, 6.45) is 2.58. The zero-order valence-corrected chi connectivity index (χ0v) is 9.19. The SMILES string of the molecule is CCCNc1ncc(C(=O)OCC)s1. The predicted octanol–water partition coefficient (Wildman–Crippen LogP) is 2.14. The van der Waals surface area contributed by atoms with Gasteiger partial charge in [-0.3, -0.25) is 0 Å². The third kappa shape index (κ3) is 2.99. The molecule has 5 heteroatoms. The second kappa shape index (κ2) is 5.59. The molecule has 0 fully saturated rings. The van der Waals surface area contributed by atoms with E-state index in [0.29, 0.717) is 11.5 Å². The molecule has 0 unspecified atom stereocenters. The fraction of sp³-hybridized carbons (Fsp3) is 0.556. The Labute approximate surface area is 87.3 Å². The molecule has 1 aromatic rings. The van der Waals surface area contributed by atoms with Gasteiger partial charge in [0.1, 0.15) is 4.88 Å². The van der Waals surface area contributed by atoms with E-state index in [1.165, 1.54) is 11.3 Å². The van der Waals surface area contributed by atoms with Crippen molar-refractivity contribution < 1.29 is 9.53 Å². The summed E-state index contributed by atoms with van der Waals surface area (Å²) in [6, 6.07) is 0. The summed E-state index contributed by atoms with van der Waals surface area (Å²) in [6.45, 7) is 5.13. The molecule has 1 rings (SSSR count). The van der Waals surface area contributed by atoms with Gasteiger partial charge in [-0.2, -0.15) is 0 Å². The Balaban J connectivity index is 2.54. The predicted molar refractivity (Wildman–Crippen MR) is 56.9 cm³/mol. The minimum absolute atomic E-state index is 0.297. The average molecular weight is 214 g/mol. The summed E-state index contributed by atoms with van der Waals surface area (Å²) < 4.78 is 4.85. The summed E-state index contributed by atoms with van der Waals surface area (Å²) in [5.74, 6) is -0.297. The second-order valence-electron chi connectivity index (χ2n) is 2.68. The fourth-order valence-corrected chi connectivity index (χ4v) is 1.62. The van der Waals surface area contributed by atoms with Crippen molar-refractivity contribution in [3.05, 3.63) is 11.1 Å². The minimum Gasteiger partial charge on any atom is -0.462 e. The lowest BCUT2D eigenvalue weighted by Gasteiger charge is -1.97. The highest BCUT2D eigenvalue weighted by Gasteiger charge is 2.10. The highest BCUT2D eigenvalue weighted by molar-refractivity contribution is 7.17. The lowest BCUT2D eigenvalue weighted by molar-refractivity contribution is 0.0532. The van der Waals surface area contributed by atoms with Crippen LogP contribution in [0.1, 0.15) is 29.9 Å². The van der Waals surface area contributed by atoms with Gasteiger partial charge >= 0.3 is 5.97 Å². The van der Waals surface area contributed by atoms with Gasteiger partial charge in [-0.05, 0) is 13.3 Å². The number of esters is 1. The molecule has 14 heavy (non-hydrogen) atoms. The Hall–Kier alpha value is -1.10. The molecule has 0 atom stereocenters. The van der Waals surface area contributed by atoms with E-state index >= 15 is 0 Å². The number of ether oxygens (including phenoxy) is 1. The first-order valence-corrected chi connectivity index (χ1v) is 5.46. The lowest BCUT2D eigenvalue weighted by Crippen LogP contribution is -2.01. The van der Waals surface area contributed by atoms with Crippen molar-refractivity contribution in [2.24, 2.45) is 0 Å². The maximum absolute atomic E-state index is 11.3. The largest absolute Gasteiger partial charge is 0.462 e. The van der Waals surface area contributed by atoms with Gasteiger partial charge in [0.15, 0.2) is 5.13 Å². The normalized spacial score (nSPS) is 9.86. The standard InChI is InChI=1S/C9H14N2O2S/c1-3-5-10-9-11-6-7(14-9)8(12)13-4-2/h6H,3-5H2,1-2H3,(H,10,11). The van der Waals surface area contributed by atoms with E-state index in [1.54, 1.807) is 13.1 Å². The molecule has 0 aliphatic carbocycles. The van der Waals surface area contributed by atoms with E-state index in [4.69, 9.17) is 4.74 Å². The Kier molecular flexibility index (Phi) is 4.39. The molecule has 0 aliphatic rings.